The predicted molar refractivity (Wildman–Crippen MR) is 134 cm³/mol. The Morgan fingerprint density at radius 3 is 2.33 bits per heavy atom. The maximum Gasteiger partial charge on any atom is 0.307 e. The minimum absolute atomic E-state index is 0.156. The van der Waals surface area contributed by atoms with Crippen LogP contribution in [0.2, 0.25) is 0 Å². The van der Waals surface area contributed by atoms with Gasteiger partial charge >= 0.3 is 5.97 Å². The zero-order chi connectivity index (χ0) is 24.1. The first-order chi connectivity index (χ1) is 15.9. The number of rotatable bonds is 15. The smallest absolute Gasteiger partial charge is 0.307 e. The first kappa shape index (κ1) is 27.5. The largest absolute Gasteiger partial charge is 0.466 e. The molecule has 0 radical (unpaired) electrons. The fourth-order valence-electron chi connectivity index (χ4n) is 4.33. The summed E-state index contributed by atoms with van der Waals surface area (Å²) in [6.45, 7) is 10.1. The standard InChI is InChI=1S/C26H42N2O4S/c1-4-6-7-8-9-10-11-12-13-18-27-19-20-28(22-24(27)21-26(29)32-5-2)33(30,31)25-16-14-23(3)15-17-25/h4,14-17,24H,1,5-13,18-22H2,2-3H3. The van der Waals surface area contributed by atoms with Gasteiger partial charge in [0, 0.05) is 25.7 Å². The van der Waals surface area contributed by atoms with Crippen LogP contribution in [0.1, 0.15) is 70.3 Å². The van der Waals surface area contributed by atoms with Crippen LogP contribution in [-0.4, -0.2) is 62.4 Å². The maximum atomic E-state index is 13.2. The van der Waals surface area contributed by atoms with Gasteiger partial charge in [-0.25, -0.2) is 8.42 Å². The highest BCUT2D eigenvalue weighted by Gasteiger charge is 2.35. The molecule has 0 aliphatic carbocycles. The number of ether oxygens (including phenoxy) is 1. The van der Waals surface area contributed by atoms with Crippen molar-refractivity contribution in [1.82, 2.24) is 9.21 Å². The van der Waals surface area contributed by atoms with E-state index in [4.69, 9.17) is 4.74 Å². The van der Waals surface area contributed by atoms with Gasteiger partial charge in [0.15, 0.2) is 0 Å². The van der Waals surface area contributed by atoms with Crippen LogP contribution >= 0.6 is 0 Å². The second-order valence-corrected chi connectivity index (χ2v) is 10.9. The van der Waals surface area contributed by atoms with Crippen molar-refractivity contribution < 1.29 is 17.9 Å². The SMILES string of the molecule is C=CCCCCCCCCCN1CCN(S(=O)(=O)c2ccc(C)cc2)CC1CC(=O)OCC. The summed E-state index contributed by atoms with van der Waals surface area (Å²) < 4.78 is 33.0. The van der Waals surface area contributed by atoms with Crippen molar-refractivity contribution in [2.75, 3.05) is 32.8 Å². The van der Waals surface area contributed by atoms with Gasteiger partial charge in [-0.1, -0.05) is 55.9 Å². The zero-order valence-corrected chi connectivity index (χ0v) is 21.3. The molecule has 1 aromatic rings. The molecule has 1 fully saturated rings. The van der Waals surface area contributed by atoms with Gasteiger partial charge in [-0.05, 0) is 51.8 Å². The summed E-state index contributed by atoms with van der Waals surface area (Å²) in [5, 5.41) is 0. The maximum absolute atomic E-state index is 13.2. The number of allylic oxidation sites excluding steroid dienone is 1. The molecule has 1 aliphatic rings. The molecule has 0 spiro atoms. The minimum atomic E-state index is -3.58. The first-order valence-electron chi connectivity index (χ1n) is 12.5. The van der Waals surface area contributed by atoms with Crippen LogP contribution in [-0.2, 0) is 19.6 Å². The van der Waals surface area contributed by atoms with Crippen LogP contribution in [0.4, 0.5) is 0 Å². The van der Waals surface area contributed by atoms with Crippen molar-refractivity contribution in [2.45, 2.75) is 82.6 Å². The molecule has 1 aromatic carbocycles. The Morgan fingerprint density at radius 1 is 1.06 bits per heavy atom. The molecule has 7 heteroatoms. The Hall–Kier alpha value is -1.70. The van der Waals surface area contributed by atoms with Gasteiger partial charge in [0.25, 0.3) is 0 Å². The molecule has 6 nitrogen and oxygen atoms in total. The topological polar surface area (TPSA) is 66.9 Å². The van der Waals surface area contributed by atoms with Crippen molar-refractivity contribution in [3.05, 3.63) is 42.5 Å². The van der Waals surface area contributed by atoms with Crippen molar-refractivity contribution in [2.24, 2.45) is 0 Å². The highest BCUT2D eigenvalue weighted by Crippen LogP contribution is 2.23. The Labute approximate surface area is 201 Å². The third-order valence-electron chi connectivity index (χ3n) is 6.29. The molecule has 0 N–H and O–H groups in total. The second-order valence-electron chi connectivity index (χ2n) is 8.93. The molecule has 0 saturated carbocycles. The van der Waals surface area contributed by atoms with Crippen molar-refractivity contribution in [3.8, 4) is 0 Å². The average molecular weight is 479 g/mol. The van der Waals surface area contributed by atoms with E-state index in [1.54, 1.807) is 19.1 Å². The molecular formula is C26H42N2O4S. The van der Waals surface area contributed by atoms with Gasteiger partial charge < -0.3 is 4.74 Å². The average Bonchev–Trinajstić information content (AvgIpc) is 2.79. The molecule has 1 aliphatic heterocycles. The molecule has 1 saturated heterocycles. The van der Waals surface area contributed by atoms with E-state index in [9.17, 15) is 13.2 Å². The summed E-state index contributed by atoms with van der Waals surface area (Å²) in [7, 11) is -3.58. The second kappa shape index (κ2) is 14.5. The molecule has 0 amide bonds. The van der Waals surface area contributed by atoms with Gasteiger partial charge in [-0.15, -0.1) is 6.58 Å². The molecular weight excluding hydrogens is 436 g/mol. The van der Waals surface area contributed by atoms with E-state index >= 15 is 0 Å². The Morgan fingerprint density at radius 2 is 1.70 bits per heavy atom. The Kier molecular flexibility index (Phi) is 12.1. The number of aryl methyl sites for hydroxylation is 1. The fourth-order valence-corrected chi connectivity index (χ4v) is 5.80. The summed E-state index contributed by atoms with van der Waals surface area (Å²) in [6, 6.07) is 6.80. The summed E-state index contributed by atoms with van der Waals surface area (Å²) in [5.74, 6) is -0.262. The van der Waals surface area contributed by atoms with Crippen molar-refractivity contribution >= 4 is 16.0 Å². The number of sulfonamides is 1. The highest BCUT2D eigenvalue weighted by molar-refractivity contribution is 7.89. The van der Waals surface area contributed by atoms with Crippen LogP contribution < -0.4 is 0 Å². The predicted octanol–water partition coefficient (Wildman–Crippen LogP) is 4.93. The molecule has 0 bridgehead atoms. The summed E-state index contributed by atoms with van der Waals surface area (Å²) in [6.07, 6.45) is 11.8. The third kappa shape index (κ3) is 9.22. The lowest BCUT2D eigenvalue weighted by atomic mass is 10.1. The van der Waals surface area contributed by atoms with E-state index in [-0.39, 0.29) is 18.4 Å². The van der Waals surface area contributed by atoms with Crippen LogP contribution in [0, 0.1) is 6.92 Å². The fraction of sp³-hybridized carbons (Fsp3) is 0.654. The minimum Gasteiger partial charge on any atom is -0.466 e. The van der Waals surface area contributed by atoms with Gasteiger partial charge in [0.2, 0.25) is 10.0 Å². The molecule has 1 heterocycles. The molecule has 1 unspecified atom stereocenters. The molecule has 2 rings (SSSR count). The Balaban J connectivity index is 1.90. The lowest BCUT2D eigenvalue weighted by molar-refractivity contribution is -0.145. The van der Waals surface area contributed by atoms with Gasteiger partial charge in [-0.2, -0.15) is 4.31 Å². The van der Waals surface area contributed by atoms with E-state index in [0.717, 1.165) is 31.4 Å². The monoisotopic (exact) mass is 478 g/mol. The first-order valence-corrected chi connectivity index (χ1v) is 13.9. The number of carbonyl (C=O) groups excluding carboxylic acids is 1. The lowest BCUT2D eigenvalue weighted by Gasteiger charge is -2.40. The van der Waals surface area contributed by atoms with Crippen LogP contribution in [0.5, 0.6) is 0 Å². The van der Waals surface area contributed by atoms with Crippen molar-refractivity contribution in [1.29, 1.82) is 0 Å². The lowest BCUT2D eigenvalue weighted by Crippen LogP contribution is -2.55. The number of hydrogen-bond acceptors (Lipinski definition) is 5. The normalized spacial score (nSPS) is 17.7. The Bertz CT molecular complexity index is 823. The third-order valence-corrected chi connectivity index (χ3v) is 8.17. The number of hydrogen-bond donors (Lipinski definition) is 0. The summed E-state index contributed by atoms with van der Waals surface area (Å²) in [5.41, 5.74) is 1.02. The number of benzene rings is 1. The highest BCUT2D eigenvalue weighted by atomic mass is 32.2. The molecule has 1 atom stereocenters. The van der Waals surface area contributed by atoms with E-state index in [2.05, 4.69) is 11.5 Å². The number of unbranched alkanes of at least 4 members (excludes halogenated alkanes) is 7. The summed E-state index contributed by atoms with van der Waals surface area (Å²) >= 11 is 0. The molecule has 0 aromatic heterocycles. The molecule has 33 heavy (non-hydrogen) atoms. The van der Waals surface area contributed by atoms with Gasteiger partial charge in [-0.3, -0.25) is 9.69 Å². The van der Waals surface area contributed by atoms with Crippen LogP contribution in [0.25, 0.3) is 0 Å². The quantitative estimate of drug-likeness (QED) is 0.203. The van der Waals surface area contributed by atoms with Crippen LogP contribution in [0.15, 0.2) is 41.8 Å². The number of piperazine rings is 1. The molecule has 186 valence electrons. The van der Waals surface area contributed by atoms with E-state index in [1.165, 1.54) is 36.4 Å². The summed E-state index contributed by atoms with van der Waals surface area (Å²) in [4.78, 5) is 14.8. The zero-order valence-electron chi connectivity index (χ0n) is 20.5. The van der Waals surface area contributed by atoms with E-state index < -0.39 is 10.0 Å². The number of nitrogens with zero attached hydrogens (tertiary/aromatic N) is 2. The van der Waals surface area contributed by atoms with Crippen molar-refractivity contribution in [3.63, 3.8) is 0 Å². The van der Waals surface area contributed by atoms with Crippen LogP contribution in [0.3, 0.4) is 0 Å². The van der Waals surface area contributed by atoms with E-state index in [0.29, 0.717) is 31.1 Å². The number of carbonyl (C=O) groups is 1. The van der Waals surface area contributed by atoms with E-state index in [1.807, 2.05) is 25.1 Å². The van der Waals surface area contributed by atoms with Gasteiger partial charge in [0.05, 0.1) is 17.9 Å². The number of esters is 1. The van der Waals surface area contributed by atoms with Gasteiger partial charge in [0.1, 0.15) is 0 Å².